The van der Waals surface area contributed by atoms with Crippen LogP contribution < -0.4 is 14.2 Å². The molecule has 32 heavy (non-hydrogen) atoms. The van der Waals surface area contributed by atoms with Gasteiger partial charge in [0.15, 0.2) is 11.5 Å². The average molecular weight is 474 g/mol. The van der Waals surface area contributed by atoms with E-state index in [9.17, 15) is 8.42 Å². The summed E-state index contributed by atoms with van der Waals surface area (Å²) in [5, 5.41) is 13.2. The van der Waals surface area contributed by atoms with Crippen molar-refractivity contribution in [3.05, 3.63) is 65.2 Å². The van der Waals surface area contributed by atoms with Crippen LogP contribution in [0.15, 0.2) is 59.5 Å². The molecule has 0 aliphatic heterocycles. The van der Waals surface area contributed by atoms with Crippen molar-refractivity contribution in [2.75, 3.05) is 20.3 Å². The molecule has 0 saturated heterocycles. The Balaban J connectivity index is 1.46. The SMILES string of the molecule is COc1ccc(C)cc1S(=O)(=O)NCCOc1ccc2nnc(-c3ccccc3Cl)n2n1. The lowest BCUT2D eigenvalue weighted by molar-refractivity contribution is 0.305. The highest BCUT2D eigenvalue weighted by Gasteiger charge is 2.19. The van der Waals surface area contributed by atoms with Gasteiger partial charge in [0.2, 0.25) is 15.9 Å². The van der Waals surface area contributed by atoms with Crippen LogP contribution >= 0.6 is 11.6 Å². The first-order valence-corrected chi connectivity index (χ1v) is 11.5. The van der Waals surface area contributed by atoms with Crippen molar-refractivity contribution in [2.45, 2.75) is 11.8 Å². The fourth-order valence-corrected chi connectivity index (χ4v) is 4.55. The lowest BCUT2D eigenvalue weighted by Crippen LogP contribution is -2.28. The van der Waals surface area contributed by atoms with E-state index in [0.29, 0.717) is 22.1 Å². The second-order valence-electron chi connectivity index (χ2n) is 6.85. The Morgan fingerprint density at radius 3 is 2.69 bits per heavy atom. The van der Waals surface area contributed by atoms with E-state index in [1.54, 1.807) is 36.4 Å². The van der Waals surface area contributed by atoms with Crippen LogP contribution in [-0.2, 0) is 10.0 Å². The number of nitrogens with zero attached hydrogens (tertiary/aromatic N) is 4. The number of hydrogen-bond donors (Lipinski definition) is 1. The maximum atomic E-state index is 12.7. The molecule has 1 N–H and O–H groups in total. The van der Waals surface area contributed by atoms with Gasteiger partial charge in [0, 0.05) is 18.2 Å². The lowest BCUT2D eigenvalue weighted by Gasteiger charge is -2.12. The van der Waals surface area contributed by atoms with Gasteiger partial charge in [-0.2, -0.15) is 4.52 Å². The predicted octanol–water partition coefficient (Wildman–Crippen LogP) is 3.12. The third kappa shape index (κ3) is 4.52. The molecule has 2 aromatic heterocycles. The summed E-state index contributed by atoms with van der Waals surface area (Å²) in [5.74, 6) is 1.04. The fourth-order valence-electron chi connectivity index (χ4n) is 3.06. The number of hydrogen-bond acceptors (Lipinski definition) is 7. The van der Waals surface area contributed by atoms with E-state index in [1.807, 2.05) is 25.1 Å². The third-order valence-corrected chi connectivity index (χ3v) is 6.42. The monoisotopic (exact) mass is 473 g/mol. The Hall–Kier alpha value is -3.21. The van der Waals surface area contributed by atoms with Crippen LogP contribution in [0.1, 0.15) is 5.56 Å². The van der Waals surface area contributed by atoms with Gasteiger partial charge in [-0.05, 0) is 42.8 Å². The van der Waals surface area contributed by atoms with E-state index >= 15 is 0 Å². The number of benzene rings is 2. The average Bonchev–Trinajstić information content (AvgIpc) is 3.20. The van der Waals surface area contributed by atoms with Crippen molar-refractivity contribution >= 4 is 27.3 Å². The van der Waals surface area contributed by atoms with Gasteiger partial charge in [0.05, 0.1) is 12.1 Å². The standard InChI is InChI=1S/C21H20ClN5O4S/c1-14-7-8-17(30-2)18(13-14)32(28,29)23-11-12-31-20-10-9-19-24-25-21(27(19)26-20)15-5-3-4-6-16(15)22/h3-10,13,23H,11-12H2,1-2H3. The number of aromatic nitrogens is 4. The Morgan fingerprint density at radius 1 is 1.09 bits per heavy atom. The third-order valence-electron chi connectivity index (χ3n) is 4.61. The van der Waals surface area contributed by atoms with E-state index < -0.39 is 10.0 Å². The zero-order valence-corrected chi connectivity index (χ0v) is 18.9. The van der Waals surface area contributed by atoms with Gasteiger partial charge in [0.25, 0.3) is 0 Å². The molecule has 4 rings (SSSR count). The molecular formula is C21H20ClN5O4S. The number of aryl methyl sites for hydroxylation is 1. The van der Waals surface area contributed by atoms with Gasteiger partial charge in [-0.25, -0.2) is 13.1 Å². The fraction of sp³-hybridized carbons (Fsp3) is 0.190. The highest BCUT2D eigenvalue weighted by molar-refractivity contribution is 7.89. The van der Waals surface area contributed by atoms with Crippen molar-refractivity contribution < 1.29 is 17.9 Å². The first-order valence-electron chi connectivity index (χ1n) is 9.63. The first kappa shape index (κ1) is 22.0. The molecular weight excluding hydrogens is 454 g/mol. The minimum absolute atomic E-state index is 0.0404. The van der Waals surface area contributed by atoms with E-state index in [-0.39, 0.29) is 29.7 Å². The number of methoxy groups -OCH3 is 1. The second-order valence-corrected chi connectivity index (χ2v) is 8.99. The predicted molar refractivity (Wildman–Crippen MR) is 120 cm³/mol. The molecule has 0 radical (unpaired) electrons. The van der Waals surface area contributed by atoms with E-state index in [1.165, 1.54) is 11.6 Å². The Morgan fingerprint density at radius 2 is 1.91 bits per heavy atom. The minimum Gasteiger partial charge on any atom is -0.495 e. The van der Waals surface area contributed by atoms with Crippen LogP contribution in [0.2, 0.25) is 5.02 Å². The Kier molecular flexibility index (Phi) is 6.26. The molecule has 0 atom stereocenters. The molecule has 0 saturated carbocycles. The summed E-state index contributed by atoms with van der Waals surface area (Å²) < 4.78 is 40.2. The summed E-state index contributed by atoms with van der Waals surface area (Å²) >= 11 is 6.27. The first-order chi connectivity index (χ1) is 15.4. The number of nitrogens with one attached hydrogen (secondary N) is 1. The molecule has 2 aromatic carbocycles. The van der Waals surface area contributed by atoms with Crippen LogP contribution in [0, 0.1) is 6.92 Å². The number of rotatable bonds is 8. The summed E-state index contributed by atoms with van der Waals surface area (Å²) in [6, 6.07) is 15.5. The number of halogens is 1. The van der Waals surface area contributed by atoms with Crippen LogP contribution in [0.5, 0.6) is 11.6 Å². The Bertz CT molecular complexity index is 1370. The highest BCUT2D eigenvalue weighted by Crippen LogP contribution is 2.27. The summed E-state index contributed by atoms with van der Waals surface area (Å²) in [6.07, 6.45) is 0. The molecule has 9 nitrogen and oxygen atoms in total. The second kappa shape index (κ2) is 9.11. The van der Waals surface area contributed by atoms with Gasteiger partial charge in [-0.15, -0.1) is 15.3 Å². The van der Waals surface area contributed by atoms with Gasteiger partial charge in [0.1, 0.15) is 17.3 Å². The maximum absolute atomic E-state index is 12.7. The molecule has 166 valence electrons. The summed E-state index contributed by atoms with van der Waals surface area (Å²) in [6.45, 7) is 1.92. The smallest absolute Gasteiger partial charge is 0.244 e. The molecule has 0 bridgehead atoms. The summed E-state index contributed by atoms with van der Waals surface area (Å²) in [7, 11) is -2.34. The molecule has 11 heteroatoms. The summed E-state index contributed by atoms with van der Waals surface area (Å²) in [4.78, 5) is 0.0772. The quantitative estimate of drug-likeness (QED) is 0.392. The van der Waals surface area contributed by atoms with Crippen LogP contribution in [-0.4, -0.2) is 48.5 Å². The van der Waals surface area contributed by atoms with Crippen molar-refractivity contribution in [3.63, 3.8) is 0 Å². The van der Waals surface area contributed by atoms with Gasteiger partial charge in [-0.1, -0.05) is 29.8 Å². The topological polar surface area (TPSA) is 108 Å². The van der Waals surface area contributed by atoms with E-state index in [2.05, 4.69) is 20.0 Å². The van der Waals surface area contributed by atoms with Crippen molar-refractivity contribution in [1.82, 2.24) is 24.5 Å². The van der Waals surface area contributed by atoms with Crippen LogP contribution in [0.3, 0.4) is 0 Å². The van der Waals surface area contributed by atoms with E-state index in [0.717, 1.165) is 5.56 Å². The summed E-state index contributed by atoms with van der Waals surface area (Å²) in [5.41, 5.74) is 2.02. The lowest BCUT2D eigenvalue weighted by atomic mass is 10.2. The zero-order valence-electron chi connectivity index (χ0n) is 17.3. The van der Waals surface area contributed by atoms with Crippen molar-refractivity contribution in [2.24, 2.45) is 0 Å². The number of fused-ring (bicyclic) bond motifs is 1. The minimum atomic E-state index is -3.77. The normalized spacial score (nSPS) is 11.6. The molecule has 0 unspecified atom stereocenters. The Labute approximate surface area is 190 Å². The molecule has 0 spiro atoms. The van der Waals surface area contributed by atoms with Gasteiger partial charge < -0.3 is 9.47 Å². The molecule has 0 aliphatic carbocycles. The molecule has 0 amide bonds. The molecule has 0 aliphatic rings. The van der Waals surface area contributed by atoms with Gasteiger partial charge >= 0.3 is 0 Å². The molecule has 2 heterocycles. The zero-order chi connectivity index (χ0) is 22.7. The molecule has 4 aromatic rings. The highest BCUT2D eigenvalue weighted by atomic mass is 35.5. The number of sulfonamides is 1. The van der Waals surface area contributed by atoms with Crippen molar-refractivity contribution in [1.29, 1.82) is 0 Å². The largest absolute Gasteiger partial charge is 0.495 e. The van der Waals surface area contributed by atoms with E-state index in [4.69, 9.17) is 21.1 Å². The van der Waals surface area contributed by atoms with Crippen molar-refractivity contribution in [3.8, 4) is 23.0 Å². The molecule has 0 fully saturated rings. The maximum Gasteiger partial charge on any atom is 0.244 e. The van der Waals surface area contributed by atoms with Crippen LogP contribution in [0.4, 0.5) is 0 Å². The van der Waals surface area contributed by atoms with Crippen LogP contribution in [0.25, 0.3) is 17.0 Å². The number of ether oxygens (including phenoxy) is 2. The van der Waals surface area contributed by atoms with Gasteiger partial charge in [-0.3, -0.25) is 0 Å².